The first-order valence-electron chi connectivity index (χ1n) is 1.35. The summed E-state index contributed by atoms with van der Waals surface area (Å²) in [6.07, 6.45) is 0. The fourth-order valence-electron chi connectivity index (χ4n) is 0. The number of Topliss-reactive ketones (excluding diaryl/α,β-unsaturated/α-hetero) is 1. The summed E-state index contributed by atoms with van der Waals surface area (Å²) in [5.41, 5.74) is 0. The first-order valence-corrected chi connectivity index (χ1v) is 2.99. The molecule has 0 aromatic heterocycles. The predicted molar refractivity (Wildman–Crippen MR) is 21.2 cm³/mol. The van der Waals surface area contributed by atoms with E-state index in [0.717, 1.165) is 0 Å². The fraction of sp³-hybridized carbons (Fsp3) is 0.667. The summed E-state index contributed by atoms with van der Waals surface area (Å²) in [7, 11) is 0. The van der Waals surface area contributed by atoms with E-state index < -0.39 is 0 Å². The molecule has 2 heteroatoms. The van der Waals surface area contributed by atoms with Crippen molar-refractivity contribution in [1.29, 1.82) is 0 Å². The van der Waals surface area contributed by atoms with Crippen LogP contribution in [0.25, 0.3) is 0 Å². The van der Waals surface area contributed by atoms with E-state index in [0.29, 0.717) is 4.47 Å². The molecule has 5 heavy (non-hydrogen) atoms. The van der Waals surface area contributed by atoms with Gasteiger partial charge in [-0.05, 0) is 0 Å². The van der Waals surface area contributed by atoms with E-state index in [4.69, 9.17) is 0 Å². The summed E-state index contributed by atoms with van der Waals surface area (Å²) in [6, 6.07) is 0. The molecule has 29 valence electrons. The summed E-state index contributed by atoms with van der Waals surface area (Å²) in [5.74, 6) is 0.259. The summed E-state index contributed by atoms with van der Waals surface area (Å²) in [6.45, 7) is 1.59. The molecule has 0 saturated carbocycles. The van der Waals surface area contributed by atoms with Gasteiger partial charge in [-0.3, -0.25) is 0 Å². The number of hydrogen-bond acceptors (Lipinski definition) is 1. The summed E-state index contributed by atoms with van der Waals surface area (Å²) in [4.78, 5) is 9.82. The van der Waals surface area contributed by atoms with Crippen molar-refractivity contribution >= 4 is 28.1 Å². The Balaban J connectivity index is 2.85. The van der Waals surface area contributed by atoms with E-state index in [-0.39, 0.29) is 5.78 Å². The maximum atomic E-state index is 9.82. The Hall–Kier alpha value is 0.460. The quantitative estimate of drug-likeness (QED) is 0.531. The predicted octanol–water partition coefficient (Wildman–Crippen LogP) is 0.162. The molecule has 0 amide bonds. The van der Waals surface area contributed by atoms with Gasteiger partial charge in [0.25, 0.3) is 0 Å². The Labute approximate surface area is 44.7 Å². The maximum absolute atomic E-state index is 9.82. The van der Waals surface area contributed by atoms with Gasteiger partial charge in [0.2, 0.25) is 0 Å². The molecule has 0 unspecified atom stereocenters. The normalized spacial score (nSPS) is 7.60. The van der Waals surface area contributed by atoms with Gasteiger partial charge in [0.15, 0.2) is 0 Å². The number of carbonyl (C=O) groups excluding carboxylic acids is 1. The van der Waals surface area contributed by atoms with Crippen LogP contribution in [-0.4, -0.2) is 28.1 Å². The standard InChI is InChI=1S/C3H5OTe/c1-3(4)2-5/h2H2,1H3. The number of rotatable bonds is 1. The van der Waals surface area contributed by atoms with Gasteiger partial charge >= 0.3 is 44.3 Å². The third-order valence-corrected chi connectivity index (χ3v) is 1.36. The number of hydrogen-bond donors (Lipinski definition) is 0. The molecule has 0 fully saturated rings. The van der Waals surface area contributed by atoms with Crippen LogP contribution in [-0.2, 0) is 4.79 Å². The zero-order valence-corrected chi connectivity index (χ0v) is 5.35. The van der Waals surface area contributed by atoms with E-state index in [1.165, 1.54) is 0 Å². The van der Waals surface area contributed by atoms with Crippen molar-refractivity contribution in [1.82, 2.24) is 0 Å². The molecule has 0 rings (SSSR count). The van der Waals surface area contributed by atoms with E-state index in [9.17, 15) is 4.79 Å². The van der Waals surface area contributed by atoms with Crippen LogP contribution >= 0.6 is 0 Å². The molecule has 0 aromatic rings. The number of carbonyl (C=O) groups is 1. The van der Waals surface area contributed by atoms with E-state index in [1.54, 1.807) is 29.2 Å². The second-order valence-electron chi connectivity index (χ2n) is 0.846. The van der Waals surface area contributed by atoms with E-state index >= 15 is 0 Å². The zero-order chi connectivity index (χ0) is 4.28. The third kappa shape index (κ3) is 4.46. The van der Waals surface area contributed by atoms with Crippen LogP contribution in [0, 0.1) is 0 Å². The molecule has 0 aliphatic carbocycles. The fourth-order valence-corrected chi connectivity index (χ4v) is 0. The molecule has 0 saturated heterocycles. The van der Waals surface area contributed by atoms with Gasteiger partial charge in [-0.25, -0.2) is 0 Å². The van der Waals surface area contributed by atoms with Gasteiger partial charge in [0.1, 0.15) is 0 Å². The molecule has 0 aromatic carbocycles. The van der Waals surface area contributed by atoms with Crippen molar-refractivity contribution in [3.8, 4) is 0 Å². The van der Waals surface area contributed by atoms with Crippen LogP contribution in [0.3, 0.4) is 0 Å². The molecule has 1 radical (unpaired) electrons. The van der Waals surface area contributed by atoms with Gasteiger partial charge < -0.3 is 0 Å². The van der Waals surface area contributed by atoms with Crippen LogP contribution in [0.4, 0.5) is 0 Å². The Morgan fingerprint density at radius 3 is 2.20 bits per heavy atom. The van der Waals surface area contributed by atoms with E-state index in [2.05, 4.69) is 0 Å². The second kappa shape index (κ2) is 2.68. The Kier molecular flexibility index (Phi) is 2.93. The van der Waals surface area contributed by atoms with Crippen LogP contribution in [0.2, 0.25) is 4.47 Å². The van der Waals surface area contributed by atoms with Crippen LogP contribution in [0.15, 0.2) is 0 Å². The monoisotopic (exact) mass is 187 g/mol. The molecule has 0 spiro atoms. The molecule has 0 bridgehead atoms. The molecule has 0 N–H and O–H groups in total. The third-order valence-electron chi connectivity index (χ3n) is 0.203. The summed E-state index contributed by atoms with van der Waals surface area (Å²) >= 11 is 1.79. The van der Waals surface area contributed by atoms with Crippen molar-refractivity contribution in [2.75, 3.05) is 0 Å². The van der Waals surface area contributed by atoms with Crippen molar-refractivity contribution in [2.45, 2.75) is 11.4 Å². The van der Waals surface area contributed by atoms with Gasteiger partial charge in [-0.1, -0.05) is 0 Å². The van der Waals surface area contributed by atoms with Crippen LogP contribution < -0.4 is 0 Å². The number of ketones is 1. The van der Waals surface area contributed by atoms with Gasteiger partial charge in [0, 0.05) is 0 Å². The average Bonchev–Trinajstić information content (AvgIpc) is 1.38. The van der Waals surface area contributed by atoms with Gasteiger partial charge in [0.05, 0.1) is 0 Å². The molecule has 0 heterocycles. The van der Waals surface area contributed by atoms with Crippen molar-refractivity contribution in [3.63, 3.8) is 0 Å². The van der Waals surface area contributed by atoms with Crippen LogP contribution in [0.1, 0.15) is 6.92 Å². The van der Waals surface area contributed by atoms with Gasteiger partial charge in [-0.15, -0.1) is 0 Å². The van der Waals surface area contributed by atoms with E-state index in [1.807, 2.05) is 0 Å². The zero-order valence-electron chi connectivity index (χ0n) is 3.02. The molecule has 0 aliphatic heterocycles. The molecule has 0 atom stereocenters. The Morgan fingerprint density at radius 1 is 2.00 bits per heavy atom. The topological polar surface area (TPSA) is 17.1 Å². The van der Waals surface area contributed by atoms with Gasteiger partial charge in [-0.2, -0.15) is 0 Å². The molecule has 0 aliphatic rings. The first kappa shape index (κ1) is 5.46. The van der Waals surface area contributed by atoms with Crippen LogP contribution in [0.5, 0.6) is 0 Å². The molecular formula is C3H5OTe. The summed E-state index contributed by atoms with van der Waals surface area (Å²) in [5, 5.41) is 0. The SMILES string of the molecule is CC(=O)C[Te]. The second-order valence-corrected chi connectivity index (χ2v) is 1.67. The minimum absolute atomic E-state index is 0.259. The first-order chi connectivity index (χ1) is 2.27. The summed E-state index contributed by atoms with van der Waals surface area (Å²) < 4.78 is 0.677. The molecule has 1 nitrogen and oxygen atoms in total. The minimum atomic E-state index is 0.259. The average molecular weight is 185 g/mol. The van der Waals surface area contributed by atoms with Crippen molar-refractivity contribution in [3.05, 3.63) is 0 Å². The van der Waals surface area contributed by atoms with Crippen molar-refractivity contribution < 1.29 is 4.79 Å². The molecular weight excluding hydrogens is 180 g/mol. The Bertz CT molecular complexity index is 42.2. The Morgan fingerprint density at radius 2 is 2.20 bits per heavy atom. The van der Waals surface area contributed by atoms with Crippen molar-refractivity contribution in [2.24, 2.45) is 0 Å².